The minimum atomic E-state index is 0.292. The van der Waals surface area contributed by atoms with E-state index in [1.54, 1.807) is 0 Å². The first kappa shape index (κ1) is 11.9. The van der Waals surface area contributed by atoms with E-state index in [2.05, 4.69) is 20.1 Å². The van der Waals surface area contributed by atoms with E-state index >= 15 is 0 Å². The number of nitrogens with zero attached hydrogens (tertiary/aromatic N) is 5. The number of hydrogen-bond acceptors (Lipinski definition) is 6. The van der Waals surface area contributed by atoms with Crippen molar-refractivity contribution in [1.82, 2.24) is 24.6 Å². The molecule has 6 nitrogen and oxygen atoms in total. The van der Waals surface area contributed by atoms with Crippen LogP contribution in [0.1, 0.15) is 5.56 Å². The van der Waals surface area contributed by atoms with Crippen LogP contribution in [0, 0.1) is 6.92 Å². The lowest BCUT2D eigenvalue weighted by Gasteiger charge is -1.97. The molecule has 0 atom stereocenters. The maximum absolute atomic E-state index is 5.84. The van der Waals surface area contributed by atoms with Crippen LogP contribution in [0.3, 0.4) is 0 Å². The first-order valence-corrected chi connectivity index (χ1v) is 6.91. The quantitative estimate of drug-likeness (QED) is 0.716. The molecule has 0 saturated carbocycles. The highest BCUT2D eigenvalue weighted by Gasteiger charge is 2.11. The first-order chi connectivity index (χ1) is 9.17. The third kappa shape index (κ3) is 2.12. The highest BCUT2D eigenvalue weighted by Crippen LogP contribution is 2.18. The number of anilines is 1. The van der Waals surface area contributed by atoms with Gasteiger partial charge in [0.25, 0.3) is 5.78 Å². The second-order valence-corrected chi connectivity index (χ2v) is 4.86. The van der Waals surface area contributed by atoms with Gasteiger partial charge in [0.2, 0.25) is 5.95 Å². The molecule has 0 aliphatic carbocycles. The summed E-state index contributed by atoms with van der Waals surface area (Å²) < 4.78 is 1.45. The molecule has 3 rings (SSSR count). The Hall–Kier alpha value is -2.15. The van der Waals surface area contributed by atoms with Crippen LogP contribution >= 0.6 is 11.8 Å². The van der Waals surface area contributed by atoms with E-state index in [1.807, 2.05) is 37.4 Å². The van der Waals surface area contributed by atoms with Crippen LogP contribution in [0.2, 0.25) is 0 Å². The SMILES string of the molecule is CSc1nc(N)n2nc(-c3ccc(C)cc3)nc2n1. The molecular formula is C12H12N6S. The zero-order valence-corrected chi connectivity index (χ0v) is 11.3. The van der Waals surface area contributed by atoms with E-state index in [4.69, 9.17) is 5.73 Å². The molecule has 2 aromatic heterocycles. The maximum Gasteiger partial charge on any atom is 0.258 e. The largest absolute Gasteiger partial charge is 0.368 e. The van der Waals surface area contributed by atoms with Gasteiger partial charge in [-0.1, -0.05) is 41.6 Å². The molecule has 96 valence electrons. The molecule has 0 aliphatic heterocycles. The van der Waals surface area contributed by atoms with Crippen LogP contribution in [0.15, 0.2) is 29.4 Å². The van der Waals surface area contributed by atoms with Crippen LogP contribution < -0.4 is 5.73 Å². The van der Waals surface area contributed by atoms with Crippen LogP contribution in [-0.4, -0.2) is 30.8 Å². The van der Waals surface area contributed by atoms with Crippen LogP contribution in [-0.2, 0) is 0 Å². The Morgan fingerprint density at radius 2 is 1.84 bits per heavy atom. The number of nitrogen functional groups attached to an aromatic ring is 1. The van der Waals surface area contributed by atoms with Gasteiger partial charge in [-0.3, -0.25) is 0 Å². The van der Waals surface area contributed by atoms with E-state index in [-0.39, 0.29) is 0 Å². The standard InChI is InChI=1S/C12H12N6S/c1-7-3-5-8(6-4-7)9-14-11-16-12(19-2)15-10(13)18(11)17-9/h3-6H,1-2H3,(H2,13,14,15,16,17). The van der Waals surface area contributed by atoms with E-state index in [9.17, 15) is 0 Å². The highest BCUT2D eigenvalue weighted by atomic mass is 32.2. The number of aryl methyl sites for hydroxylation is 1. The van der Waals surface area contributed by atoms with Crippen molar-refractivity contribution in [2.45, 2.75) is 12.1 Å². The van der Waals surface area contributed by atoms with Crippen molar-refractivity contribution >= 4 is 23.5 Å². The summed E-state index contributed by atoms with van der Waals surface area (Å²) in [5.41, 5.74) is 7.97. The van der Waals surface area contributed by atoms with Crippen LogP contribution in [0.25, 0.3) is 17.2 Å². The van der Waals surface area contributed by atoms with Crippen molar-refractivity contribution in [2.75, 3.05) is 12.0 Å². The Kier molecular flexibility index (Phi) is 2.83. The second-order valence-electron chi connectivity index (χ2n) is 4.08. The maximum atomic E-state index is 5.84. The molecule has 2 heterocycles. The van der Waals surface area contributed by atoms with E-state index in [0.717, 1.165) is 5.56 Å². The summed E-state index contributed by atoms with van der Waals surface area (Å²) in [5.74, 6) is 1.35. The number of benzene rings is 1. The lowest BCUT2D eigenvalue weighted by molar-refractivity contribution is 0.851. The van der Waals surface area contributed by atoms with Crippen molar-refractivity contribution in [2.24, 2.45) is 0 Å². The number of fused-ring (bicyclic) bond motifs is 1. The summed E-state index contributed by atoms with van der Waals surface area (Å²) in [6.45, 7) is 2.04. The smallest absolute Gasteiger partial charge is 0.258 e. The fourth-order valence-electron chi connectivity index (χ4n) is 1.70. The predicted octanol–water partition coefficient (Wildman–Crippen LogP) is 1.80. The number of thioether (sulfide) groups is 1. The number of aromatic nitrogens is 5. The minimum Gasteiger partial charge on any atom is -0.368 e. The molecule has 0 spiro atoms. The van der Waals surface area contributed by atoms with Gasteiger partial charge in [-0.15, -0.1) is 5.10 Å². The number of rotatable bonds is 2. The molecule has 2 N–H and O–H groups in total. The zero-order valence-electron chi connectivity index (χ0n) is 10.5. The van der Waals surface area contributed by atoms with Crippen molar-refractivity contribution in [1.29, 1.82) is 0 Å². The monoisotopic (exact) mass is 272 g/mol. The molecule has 0 radical (unpaired) electrons. The van der Waals surface area contributed by atoms with Crippen molar-refractivity contribution in [3.05, 3.63) is 29.8 Å². The zero-order chi connectivity index (χ0) is 13.4. The van der Waals surface area contributed by atoms with E-state index < -0.39 is 0 Å². The molecule has 0 aliphatic rings. The normalized spacial score (nSPS) is 11.1. The summed E-state index contributed by atoms with van der Waals surface area (Å²) >= 11 is 1.42. The van der Waals surface area contributed by atoms with Crippen LogP contribution in [0.5, 0.6) is 0 Å². The van der Waals surface area contributed by atoms with Crippen molar-refractivity contribution < 1.29 is 0 Å². The molecule has 7 heteroatoms. The lowest BCUT2D eigenvalue weighted by Crippen LogP contribution is -2.04. The molecule has 19 heavy (non-hydrogen) atoms. The van der Waals surface area contributed by atoms with Gasteiger partial charge in [-0.2, -0.15) is 19.5 Å². The summed E-state index contributed by atoms with van der Waals surface area (Å²) in [7, 11) is 0. The van der Waals surface area contributed by atoms with Crippen molar-refractivity contribution in [3.8, 4) is 11.4 Å². The Labute approximate surface area is 114 Å². The fraction of sp³-hybridized carbons (Fsp3) is 0.167. The summed E-state index contributed by atoms with van der Waals surface area (Å²) in [4.78, 5) is 12.8. The van der Waals surface area contributed by atoms with Crippen LogP contribution in [0.4, 0.5) is 5.95 Å². The third-order valence-corrected chi connectivity index (χ3v) is 3.25. The molecule has 0 amide bonds. The Balaban J connectivity index is 2.16. The first-order valence-electron chi connectivity index (χ1n) is 5.68. The Morgan fingerprint density at radius 3 is 2.53 bits per heavy atom. The molecule has 0 bridgehead atoms. The van der Waals surface area contributed by atoms with Crippen molar-refractivity contribution in [3.63, 3.8) is 0 Å². The molecule has 0 unspecified atom stereocenters. The molecule has 0 fully saturated rings. The summed E-state index contributed by atoms with van der Waals surface area (Å²) in [5, 5.41) is 4.92. The van der Waals surface area contributed by atoms with Gasteiger partial charge >= 0.3 is 0 Å². The van der Waals surface area contributed by atoms with Gasteiger partial charge < -0.3 is 5.73 Å². The molecule has 3 aromatic rings. The molecular weight excluding hydrogens is 260 g/mol. The van der Waals surface area contributed by atoms with Gasteiger partial charge in [0.1, 0.15) is 0 Å². The lowest BCUT2D eigenvalue weighted by atomic mass is 10.1. The topological polar surface area (TPSA) is 82.0 Å². The average Bonchev–Trinajstić information content (AvgIpc) is 2.84. The number of nitrogens with two attached hydrogens (primary N) is 1. The summed E-state index contributed by atoms with van der Waals surface area (Å²) in [6.07, 6.45) is 1.89. The van der Waals surface area contributed by atoms with Gasteiger partial charge in [-0.25, -0.2) is 0 Å². The number of hydrogen-bond donors (Lipinski definition) is 1. The van der Waals surface area contributed by atoms with Gasteiger partial charge in [-0.05, 0) is 13.2 Å². The van der Waals surface area contributed by atoms with E-state index in [1.165, 1.54) is 21.8 Å². The second kappa shape index (κ2) is 4.51. The highest BCUT2D eigenvalue weighted by molar-refractivity contribution is 7.98. The van der Waals surface area contributed by atoms with Gasteiger partial charge in [0, 0.05) is 5.56 Å². The van der Waals surface area contributed by atoms with Gasteiger partial charge in [0.15, 0.2) is 11.0 Å². The third-order valence-electron chi connectivity index (χ3n) is 2.71. The fourth-order valence-corrected chi connectivity index (χ4v) is 2.06. The van der Waals surface area contributed by atoms with Gasteiger partial charge in [0.05, 0.1) is 0 Å². The molecule has 1 aromatic carbocycles. The molecule has 0 saturated heterocycles. The summed E-state index contributed by atoms with van der Waals surface area (Å²) in [6, 6.07) is 7.99. The average molecular weight is 272 g/mol. The predicted molar refractivity (Wildman–Crippen MR) is 74.9 cm³/mol. The minimum absolute atomic E-state index is 0.292. The Bertz CT molecular complexity index is 734. The Morgan fingerprint density at radius 1 is 1.11 bits per heavy atom. The van der Waals surface area contributed by atoms with E-state index in [0.29, 0.717) is 22.7 Å².